The molecule has 0 saturated heterocycles. The smallest absolute Gasteiger partial charge is 0.325 e. The Labute approximate surface area is 163 Å². The molecular weight excluding hydrogens is 439 g/mol. The van der Waals surface area contributed by atoms with Crippen molar-refractivity contribution in [1.29, 1.82) is 0 Å². The first kappa shape index (κ1) is 21.7. The fourth-order valence-corrected chi connectivity index (χ4v) is 3.25. The summed E-state index contributed by atoms with van der Waals surface area (Å²) < 4.78 is 76.9. The molecule has 0 heterocycles. The van der Waals surface area contributed by atoms with Crippen molar-refractivity contribution < 1.29 is 31.1 Å². The highest BCUT2D eigenvalue weighted by Gasteiger charge is 2.37. The van der Waals surface area contributed by atoms with Crippen molar-refractivity contribution in [2.24, 2.45) is 0 Å². The third-order valence-electron chi connectivity index (χ3n) is 3.12. The van der Waals surface area contributed by atoms with Crippen LogP contribution >= 0.6 is 35.0 Å². The molecule has 2 aromatic rings. The molecule has 1 N–H and O–H groups in total. The second kappa shape index (κ2) is 8.20. The third kappa shape index (κ3) is 6.22. The number of carbonyl (C=O) groups excluding carboxylic acids is 1. The zero-order valence-electron chi connectivity index (χ0n) is 13.0. The van der Waals surface area contributed by atoms with Gasteiger partial charge in [-0.05, 0) is 36.4 Å². The molecule has 0 aromatic heterocycles. The topological polar surface area (TPSA) is 29.1 Å². The summed E-state index contributed by atoms with van der Waals surface area (Å²) in [4.78, 5) is 12.4. The maximum atomic E-state index is 12.8. The van der Waals surface area contributed by atoms with Crippen LogP contribution in [-0.2, 0) is 17.1 Å². The van der Waals surface area contributed by atoms with Crippen molar-refractivity contribution in [1.82, 2.24) is 0 Å². The van der Waals surface area contributed by atoms with E-state index in [-0.39, 0.29) is 11.8 Å². The summed E-state index contributed by atoms with van der Waals surface area (Å²) in [6.45, 7) is 0. The molecule has 0 radical (unpaired) electrons. The number of thioether (sulfide) groups is 1. The van der Waals surface area contributed by atoms with Crippen LogP contribution in [0.25, 0.3) is 0 Å². The van der Waals surface area contributed by atoms with Crippen LogP contribution in [-0.4, -0.2) is 11.7 Å². The molecule has 0 unspecified atom stereocenters. The van der Waals surface area contributed by atoms with E-state index in [2.05, 4.69) is 0 Å². The van der Waals surface area contributed by atoms with Gasteiger partial charge in [-0.25, -0.2) is 0 Å². The van der Waals surface area contributed by atoms with Crippen molar-refractivity contribution in [2.75, 3.05) is 11.1 Å². The van der Waals surface area contributed by atoms with E-state index in [1.54, 1.807) is 0 Å². The Morgan fingerprint density at radius 3 is 2.00 bits per heavy atom. The van der Waals surface area contributed by atoms with Crippen LogP contribution in [0.5, 0.6) is 0 Å². The Morgan fingerprint density at radius 2 is 1.48 bits per heavy atom. The lowest BCUT2D eigenvalue weighted by Crippen LogP contribution is -2.17. The van der Waals surface area contributed by atoms with Gasteiger partial charge in [0.2, 0.25) is 5.91 Å². The summed E-state index contributed by atoms with van der Waals surface area (Å²) in [7, 11) is 0. The highest BCUT2D eigenvalue weighted by atomic mass is 35.5. The van der Waals surface area contributed by atoms with Crippen molar-refractivity contribution in [3.63, 3.8) is 0 Å². The molecule has 2 aromatic carbocycles. The van der Waals surface area contributed by atoms with E-state index < -0.39 is 35.1 Å². The normalized spacial score (nSPS) is 12.1. The van der Waals surface area contributed by atoms with E-state index >= 15 is 0 Å². The van der Waals surface area contributed by atoms with Crippen LogP contribution < -0.4 is 5.32 Å². The third-order valence-corrected chi connectivity index (χ3v) is 4.86. The van der Waals surface area contributed by atoms with E-state index in [9.17, 15) is 31.1 Å². The van der Waals surface area contributed by atoms with Gasteiger partial charge >= 0.3 is 12.4 Å². The van der Waals surface area contributed by atoms with E-state index in [0.717, 1.165) is 11.8 Å². The van der Waals surface area contributed by atoms with E-state index in [0.29, 0.717) is 27.1 Å². The van der Waals surface area contributed by atoms with Gasteiger partial charge in [0.1, 0.15) is 0 Å². The fourth-order valence-electron chi connectivity index (χ4n) is 1.96. The predicted molar refractivity (Wildman–Crippen MR) is 92.3 cm³/mol. The number of hydrogen-bond donors (Lipinski definition) is 1. The molecule has 0 aliphatic carbocycles. The minimum Gasteiger partial charge on any atom is -0.325 e. The molecule has 2 nitrogen and oxygen atoms in total. The number of alkyl halides is 6. The average Bonchev–Trinajstić information content (AvgIpc) is 2.54. The molecule has 0 atom stereocenters. The van der Waals surface area contributed by atoms with E-state index in [1.807, 2.05) is 5.32 Å². The van der Waals surface area contributed by atoms with Crippen LogP contribution in [0.1, 0.15) is 11.1 Å². The van der Waals surface area contributed by atoms with Gasteiger partial charge in [0.05, 0.1) is 21.9 Å². The van der Waals surface area contributed by atoms with Crippen LogP contribution in [0.2, 0.25) is 10.0 Å². The second-order valence-electron chi connectivity index (χ2n) is 5.21. The molecule has 0 aliphatic rings. The van der Waals surface area contributed by atoms with Crippen molar-refractivity contribution in [3.8, 4) is 0 Å². The first-order valence-corrected chi connectivity index (χ1v) is 8.77. The number of rotatable bonds is 4. The SMILES string of the molecule is O=C(CSc1cc(Cl)ccc1Cl)Nc1cc(C(F)(F)F)cc(C(F)(F)F)c1. The quantitative estimate of drug-likeness (QED) is 0.414. The molecular formula is C16H9Cl2F6NOS. The summed E-state index contributed by atoms with van der Waals surface area (Å²) >= 11 is 12.7. The number of benzene rings is 2. The first-order chi connectivity index (χ1) is 12.4. The summed E-state index contributed by atoms with van der Waals surface area (Å²) in [6, 6.07) is 5.35. The summed E-state index contributed by atoms with van der Waals surface area (Å²) in [5.41, 5.74) is -3.64. The molecule has 0 fully saturated rings. The second-order valence-corrected chi connectivity index (χ2v) is 7.07. The Balaban J connectivity index is 2.18. The number of halogens is 8. The Morgan fingerprint density at radius 1 is 0.926 bits per heavy atom. The van der Waals surface area contributed by atoms with E-state index in [4.69, 9.17) is 23.2 Å². The molecule has 0 spiro atoms. The maximum absolute atomic E-state index is 12.8. The number of nitrogens with one attached hydrogen (secondary N) is 1. The molecule has 146 valence electrons. The van der Waals surface area contributed by atoms with Gasteiger partial charge in [-0.3, -0.25) is 4.79 Å². The van der Waals surface area contributed by atoms with Gasteiger partial charge in [0.15, 0.2) is 0 Å². The zero-order valence-corrected chi connectivity index (χ0v) is 15.3. The van der Waals surface area contributed by atoms with Crippen LogP contribution in [0, 0.1) is 0 Å². The van der Waals surface area contributed by atoms with E-state index in [1.165, 1.54) is 18.2 Å². The lowest BCUT2D eigenvalue weighted by Gasteiger charge is -2.14. The summed E-state index contributed by atoms with van der Waals surface area (Å²) in [6.07, 6.45) is -9.99. The Kier molecular flexibility index (Phi) is 6.59. The number of anilines is 1. The minimum atomic E-state index is -5.00. The van der Waals surface area contributed by atoms with Gasteiger partial charge in [-0.15, -0.1) is 11.8 Å². The molecule has 0 saturated carbocycles. The largest absolute Gasteiger partial charge is 0.416 e. The molecule has 0 aliphatic heterocycles. The molecule has 2 rings (SSSR count). The van der Waals surface area contributed by atoms with Gasteiger partial charge in [-0.2, -0.15) is 26.3 Å². The Bertz CT molecular complexity index is 822. The fraction of sp³-hybridized carbons (Fsp3) is 0.188. The van der Waals surface area contributed by atoms with Gasteiger partial charge < -0.3 is 5.32 Å². The molecule has 11 heteroatoms. The molecule has 1 amide bonds. The molecule has 27 heavy (non-hydrogen) atoms. The summed E-state index contributed by atoms with van der Waals surface area (Å²) in [5.74, 6) is -1.10. The van der Waals surface area contributed by atoms with Gasteiger partial charge in [-0.1, -0.05) is 23.2 Å². The zero-order chi connectivity index (χ0) is 20.4. The number of hydrogen-bond acceptors (Lipinski definition) is 2. The van der Waals surface area contributed by atoms with Crippen molar-refractivity contribution in [2.45, 2.75) is 17.2 Å². The van der Waals surface area contributed by atoms with Crippen LogP contribution in [0.4, 0.5) is 32.0 Å². The molecule has 0 bridgehead atoms. The van der Waals surface area contributed by atoms with Crippen LogP contribution in [0.15, 0.2) is 41.3 Å². The minimum absolute atomic E-state index is 0.0177. The maximum Gasteiger partial charge on any atom is 0.416 e. The standard InChI is InChI=1S/C16H9Cl2F6NOS/c17-10-1-2-12(18)13(6-10)27-7-14(26)25-11-4-8(15(19,20)21)3-9(5-11)16(22,23)24/h1-6H,7H2,(H,25,26). The Hall–Kier alpha value is -1.58. The van der Waals surface area contributed by atoms with Crippen LogP contribution in [0.3, 0.4) is 0 Å². The van der Waals surface area contributed by atoms with Crippen molar-refractivity contribution in [3.05, 3.63) is 57.6 Å². The van der Waals surface area contributed by atoms with Crippen molar-refractivity contribution >= 4 is 46.6 Å². The monoisotopic (exact) mass is 447 g/mol. The highest BCUT2D eigenvalue weighted by Crippen LogP contribution is 2.37. The predicted octanol–water partition coefficient (Wildman–Crippen LogP) is 6.76. The number of carbonyl (C=O) groups is 1. The lowest BCUT2D eigenvalue weighted by molar-refractivity contribution is -0.143. The van der Waals surface area contributed by atoms with Gasteiger partial charge in [0.25, 0.3) is 0 Å². The number of amides is 1. The summed E-state index contributed by atoms with van der Waals surface area (Å²) in [5, 5.41) is 2.69. The first-order valence-electron chi connectivity index (χ1n) is 7.03. The lowest BCUT2D eigenvalue weighted by atomic mass is 10.1. The average molecular weight is 448 g/mol. The van der Waals surface area contributed by atoms with Gasteiger partial charge in [0, 0.05) is 15.6 Å². The highest BCUT2D eigenvalue weighted by molar-refractivity contribution is 8.00.